The van der Waals surface area contributed by atoms with Gasteiger partial charge in [0, 0.05) is 37.2 Å². The SMILES string of the molecule is Nc1nc(Cl)cc(N2CCCC2C(=O)N2CCSCC2)n1. The largest absolute Gasteiger partial charge is 0.368 e. The molecule has 1 aromatic rings. The molecule has 114 valence electrons. The van der Waals surface area contributed by atoms with Gasteiger partial charge in [0.2, 0.25) is 11.9 Å². The lowest BCUT2D eigenvalue weighted by molar-refractivity contribution is -0.132. The number of aromatic nitrogens is 2. The van der Waals surface area contributed by atoms with E-state index in [2.05, 4.69) is 9.97 Å². The van der Waals surface area contributed by atoms with Crippen LogP contribution in [0, 0.1) is 0 Å². The summed E-state index contributed by atoms with van der Waals surface area (Å²) in [6, 6.07) is 1.52. The van der Waals surface area contributed by atoms with Crippen LogP contribution >= 0.6 is 23.4 Å². The fraction of sp³-hybridized carbons (Fsp3) is 0.615. The highest BCUT2D eigenvalue weighted by atomic mass is 35.5. The van der Waals surface area contributed by atoms with Gasteiger partial charge in [-0.25, -0.2) is 4.98 Å². The predicted octanol–water partition coefficient (Wildman–Crippen LogP) is 1.26. The highest BCUT2D eigenvalue weighted by Crippen LogP contribution is 2.27. The zero-order valence-corrected chi connectivity index (χ0v) is 13.2. The van der Waals surface area contributed by atoms with E-state index in [0.717, 1.165) is 44.0 Å². The van der Waals surface area contributed by atoms with Crippen LogP contribution < -0.4 is 10.6 Å². The summed E-state index contributed by atoms with van der Waals surface area (Å²) in [5.74, 6) is 3.02. The number of thioether (sulfide) groups is 1. The Morgan fingerprint density at radius 1 is 1.33 bits per heavy atom. The lowest BCUT2D eigenvalue weighted by atomic mass is 10.2. The first-order valence-corrected chi connectivity index (χ1v) is 8.61. The molecule has 2 fully saturated rings. The summed E-state index contributed by atoms with van der Waals surface area (Å²) in [5, 5.41) is 0.310. The zero-order chi connectivity index (χ0) is 14.8. The van der Waals surface area contributed by atoms with Crippen molar-refractivity contribution in [3.8, 4) is 0 Å². The number of carbonyl (C=O) groups excluding carboxylic acids is 1. The third-order valence-corrected chi connectivity index (χ3v) is 4.99. The monoisotopic (exact) mass is 327 g/mol. The number of nitrogens with two attached hydrogens (primary N) is 1. The molecule has 2 aliphatic rings. The number of amides is 1. The summed E-state index contributed by atoms with van der Waals surface area (Å²) in [5.41, 5.74) is 5.66. The average Bonchev–Trinajstić information content (AvgIpc) is 2.96. The molecular weight excluding hydrogens is 310 g/mol. The van der Waals surface area contributed by atoms with Gasteiger partial charge in [0.25, 0.3) is 0 Å². The molecule has 21 heavy (non-hydrogen) atoms. The minimum Gasteiger partial charge on any atom is -0.368 e. The van der Waals surface area contributed by atoms with Crippen molar-refractivity contribution in [1.82, 2.24) is 14.9 Å². The number of hydrogen-bond donors (Lipinski definition) is 1. The van der Waals surface area contributed by atoms with E-state index in [1.807, 2.05) is 21.6 Å². The predicted molar refractivity (Wildman–Crippen MR) is 85.7 cm³/mol. The normalized spacial score (nSPS) is 22.6. The number of nitrogens with zero attached hydrogens (tertiary/aromatic N) is 4. The summed E-state index contributed by atoms with van der Waals surface area (Å²) in [6.07, 6.45) is 1.82. The highest BCUT2D eigenvalue weighted by molar-refractivity contribution is 7.99. The summed E-state index contributed by atoms with van der Waals surface area (Å²) in [6.45, 7) is 2.47. The molecule has 1 amide bonds. The van der Waals surface area contributed by atoms with Gasteiger partial charge in [0.05, 0.1) is 0 Å². The number of anilines is 2. The molecule has 0 saturated carbocycles. The van der Waals surface area contributed by atoms with Gasteiger partial charge in [-0.05, 0) is 12.8 Å². The molecule has 2 N–H and O–H groups in total. The number of halogens is 1. The van der Waals surface area contributed by atoms with Gasteiger partial charge in [-0.1, -0.05) is 11.6 Å². The maximum atomic E-state index is 12.7. The molecule has 1 aromatic heterocycles. The minimum atomic E-state index is -0.154. The number of rotatable bonds is 2. The lowest BCUT2D eigenvalue weighted by Crippen LogP contribution is -2.48. The molecule has 8 heteroatoms. The summed E-state index contributed by atoms with van der Waals surface area (Å²) < 4.78 is 0. The number of carbonyl (C=O) groups is 1. The van der Waals surface area contributed by atoms with E-state index in [0.29, 0.717) is 11.0 Å². The second-order valence-electron chi connectivity index (χ2n) is 5.20. The van der Waals surface area contributed by atoms with E-state index in [1.54, 1.807) is 6.07 Å². The van der Waals surface area contributed by atoms with E-state index < -0.39 is 0 Å². The first-order chi connectivity index (χ1) is 10.1. The highest BCUT2D eigenvalue weighted by Gasteiger charge is 2.35. The van der Waals surface area contributed by atoms with E-state index >= 15 is 0 Å². The molecule has 0 aliphatic carbocycles. The maximum Gasteiger partial charge on any atom is 0.245 e. The molecule has 2 aliphatic heterocycles. The van der Waals surface area contributed by atoms with Gasteiger partial charge < -0.3 is 15.5 Å². The first-order valence-electron chi connectivity index (χ1n) is 7.08. The van der Waals surface area contributed by atoms with Crippen LogP contribution in [0.4, 0.5) is 11.8 Å². The molecular formula is C13H18ClN5OS. The maximum absolute atomic E-state index is 12.7. The van der Waals surface area contributed by atoms with Crippen molar-refractivity contribution in [3.63, 3.8) is 0 Å². The fourth-order valence-corrected chi connectivity index (χ4v) is 3.95. The summed E-state index contributed by atoms with van der Waals surface area (Å²) in [4.78, 5) is 24.8. The van der Waals surface area contributed by atoms with E-state index in [-0.39, 0.29) is 17.9 Å². The van der Waals surface area contributed by atoms with Gasteiger partial charge in [0.15, 0.2) is 0 Å². The average molecular weight is 328 g/mol. The van der Waals surface area contributed by atoms with Crippen molar-refractivity contribution >= 4 is 41.0 Å². The molecule has 1 unspecified atom stereocenters. The Bertz CT molecular complexity index is 517. The van der Waals surface area contributed by atoms with Crippen LogP contribution in [0.3, 0.4) is 0 Å². The third kappa shape index (κ3) is 3.18. The Kier molecular flexibility index (Phi) is 4.40. The molecule has 2 saturated heterocycles. The van der Waals surface area contributed by atoms with E-state index in [4.69, 9.17) is 17.3 Å². The van der Waals surface area contributed by atoms with Crippen molar-refractivity contribution in [1.29, 1.82) is 0 Å². The van der Waals surface area contributed by atoms with E-state index in [9.17, 15) is 4.79 Å². The lowest BCUT2D eigenvalue weighted by Gasteiger charge is -2.32. The van der Waals surface area contributed by atoms with Gasteiger partial charge in [0.1, 0.15) is 17.0 Å². The molecule has 3 heterocycles. The van der Waals surface area contributed by atoms with Crippen molar-refractivity contribution in [2.24, 2.45) is 0 Å². The van der Waals surface area contributed by atoms with Crippen LogP contribution in [-0.2, 0) is 4.79 Å². The Labute approximate surface area is 133 Å². The molecule has 0 aromatic carbocycles. The zero-order valence-electron chi connectivity index (χ0n) is 11.7. The van der Waals surface area contributed by atoms with Gasteiger partial charge in [-0.3, -0.25) is 4.79 Å². The quantitative estimate of drug-likeness (QED) is 0.824. The Hall–Kier alpha value is -1.21. The minimum absolute atomic E-state index is 0.143. The van der Waals surface area contributed by atoms with Crippen molar-refractivity contribution in [2.45, 2.75) is 18.9 Å². The molecule has 0 spiro atoms. The van der Waals surface area contributed by atoms with Crippen molar-refractivity contribution in [3.05, 3.63) is 11.2 Å². The second kappa shape index (κ2) is 6.27. The first kappa shape index (κ1) is 14.7. The Balaban J connectivity index is 1.79. The van der Waals surface area contributed by atoms with Crippen molar-refractivity contribution < 1.29 is 4.79 Å². The van der Waals surface area contributed by atoms with Crippen molar-refractivity contribution in [2.75, 3.05) is 41.8 Å². The second-order valence-corrected chi connectivity index (χ2v) is 6.81. The van der Waals surface area contributed by atoms with E-state index in [1.165, 1.54) is 0 Å². The molecule has 0 radical (unpaired) electrons. The Morgan fingerprint density at radius 2 is 2.10 bits per heavy atom. The molecule has 3 rings (SSSR count). The molecule has 6 nitrogen and oxygen atoms in total. The van der Waals surface area contributed by atoms with Gasteiger partial charge >= 0.3 is 0 Å². The number of nitrogen functional groups attached to an aromatic ring is 1. The topological polar surface area (TPSA) is 75.3 Å². The van der Waals surface area contributed by atoms with Crippen LogP contribution in [0.5, 0.6) is 0 Å². The fourth-order valence-electron chi connectivity index (χ4n) is 2.86. The van der Waals surface area contributed by atoms with Gasteiger partial charge in [-0.15, -0.1) is 0 Å². The number of hydrogen-bond acceptors (Lipinski definition) is 6. The summed E-state index contributed by atoms with van der Waals surface area (Å²) in [7, 11) is 0. The van der Waals surface area contributed by atoms with Crippen LogP contribution in [0.25, 0.3) is 0 Å². The Morgan fingerprint density at radius 3 is 2.81 bits per heavy atom. The van der Waals surface area contributed by atoms with Crippen LogP contribution in [0.15, 0.2) is 6.07 Å². The van der Waals surface area contributed by atoms with Gasteiger partial charge in [-0.2, -0.15) is 16.7 Å². The molecule has 0 bridgehead atoms. The summed E-state index contributed by atoms with van der Waals surface area (Å²) >= 11 is 7.85. The van der Waals surface area contributed by atoms with Crippen LogP contribution in [-0.4, -0.2) is 58.0 Å². The smallest absolute Gasteiger partial charge is 0.245 e. The third-order valence-electron chi connectivity index (χ3n) is 3.85. The standard InChI is InChI=1S/C13H18ClN5OS/c14-10-8-11(17-13(15)16-10)19-3-1-2-9(19)12(20)18-4-6-21-7-5-18/h8-9H,1-7H2,(H2,15,16,17). The van der Waals surface area contributed by atoms with Crippen LogP contribution in [0.1, 0.15) is 12.8 Å². The molecule has 1 atom stereocenters. The van der Waals surface area contributed by atoms with Crippen LogP contribution in [0.2, 0.25) is 5.15 Å².